The zero-order chi connectivity index (χ0) is 10.7. The monoisotopic (exact) mass is 198 g/mol. The molecule has 14 heavy (non-hydrogen) atoms. The van der Waals surface area contributed by atoms with Crippen molar-refractivity contribution in [3.05, 3.63) is 0 Å². The van der Waals surface area contributed by atoms with Gasteiger partial charge in [0.25, 0.3) is 0 Å². The van der Waals surface area contributed by atoms with Crippen LogP contribution in [0.25, 0.3) is 0 Å². The topological polar surface area (TPSA) is 71.4 Å². The van der Waals surface area contributed by atoms with Crippen LogP contribution in [0.4, 0.5) is 0 Å². The van der Waals surface area contributed by atoms with Crippen LogP contribution in [0.3, 0.4) is 0 Å². The van der Waals surface area contributed by atoms with Crippen LogP contribution >= 0.6 is 0 Å². The van der Waals surface area contributed by atoms with Crippen molar-refractivity contribution < 1.29 is 19.5 Å². The fraction of sp³-hybridized carbons (Fsp3) is 0.700. The third-order valence-electron chi connectivity index (χ3n) is 2.76. The molecule has 1 rings (SSSR count). The molecule has 4 heteroatoms. The molecule has 0 aromatic rings. The van der Waals surface area contributed by atoms with Gasteiger partial charge in [-0.05, 0) is 19.3 Å². The highest BCUT2D eigenvalue weighted by atomic mass is 16.4. The van der Waals surface area contributed by atoms with Crippen LogP contribution in [-0.2, 0) is 14.4 Å². The molecule has 1 aliphatic rings. The molecule has 0 spiro atoms. The Bertz CT molecular complexity index is 269. The highest BCUT2D eigenvalue weighted by molar-refractivity contribution is 5.90. The number of carbonyl (C=O) groups excluding carboxylic acids is 2. The summed E-state index contributed by atoms with van der Waals surface area (Å²) in [6, 6.07) is 0. The maximum absolute atomic E-state index is 11.1. The summed E-state index contributed by atoms with van der Waals surface area (Å²) in [7, 11) is 0. The van der Waals surface area contributed by atoms with Crippen molar-refractivity contribution in [2.75, 3.05) is 0 Å². The number of ketones is 2. The van der Waals surface area contributed by atoms with Crippen molar-refractivity contribution >= 4 is 17.5 Å². The number of rotatable bonds is 4. The van der Waals surface area contributed by atoms with Crippen molar-refractivity contribution in [3.8, 4) is 0 Å². The molecule has 0 heterocycles. The minimum Gasteiger partial charge on any atom is -0.481 e. The van der Waals surface area contributed by atoms with Crippen LogP contribution in [0.1, 0.15) is 32.6 Å². The fourth-order valence-electron chi connectivity index (χ4n) is 2.02. The van der Waals surface area contributed by atoms with Gasteiger partial charge in [0.15, 0.2) is 0 Å². The maximum Gasteiger partial charge on any atom is 0.303 e. The number of hydrogen-bond donors (Lipinski definition) is 1. The lowest BCUT2D eigenvalue weighted by atomic mass is 9.89. The molecule has 0 saturated heterocycles. The van der Waals surface area contributed by atoms with Gasteiger partial charge in [0.1, 0.15) is 11.6 Å². The number of hydrogen-bond acceptors (Lipinski definition) is 3. The van der Waals surface area contributed by atoms with Crippen molar-refractivity contribution in [1.29, 1.82) is 0 Å². The smallest absolute Gasteiger partial charge is 0.303 e. The molecule has 1 saturated carbocycles. The first-order valence-corrected chi connectivity index (χ1v) is 4.74. The predicted molar refractivity (Wildman–Crippen MR) is 48.8 cm³/mol. The van der Waals surface area contributed by atoms with Crippen LogP contribution in [0, 0.1) is 11.8 Å². The molecule has 0 amide bonds. The summed E-state index contributed by atoms with van der Waals surface area (Å²) in [6.45, 7) is 1.47. The van der Waals surface area contributed by atoms with Gasteiger partial charge in [-0.1, -0.05) is 0 Å². The van der Waals surface area contributed by atoms with Gasteiger partial charge >= 0.3 is 5.97 Å². The number of carbonyl (C=O) groups is 3. The summed E-state index contributed by atoms with van der Waals surface area (Å²) in [6.07, 6.45) is 1.16. The minimum atomic E-state index is -0.869. The van der Waals surface area contributed by atoms with E-state index < -0.39 is 5.97 Å². The van der Waals surface area contributed by atoms with Crippen molar-refractivity contribution in [1.82, 2.24) is 0 Å². The fourth-order valence-corrected chi connectivity index (χ4v) is 2.02. The molecule has 0 radical (unpaired) electrons. The zero-order valence-electron chi connectivity index (χ0n) is 8.16. The molecule has 1 aliphatic carbocycles. The summed E-state index contributed by atoms with van der Waals surface area (Å²) < 4.78 is 0. The van der Waals surface area contributed by atoms with Crippen molar-refractivity contribution in [3.63, 3.8) is 0 Å². The second-order valence-corrected chi connectivity index (χ2v) is 3.86. The van der Waals surface area contributed by atoms with Crippen LogP contribution < -0.4 is 0 Å². The van der Waals surface area contributed by atoms with Gasteiger partial charge in [-0.25, -0.2) is 0 Å². The first kappa shape index (κ1) is 10.9. The number of aliphatic carboxylic acids is 1. The van der Waals surface area contributed by atoms with Gasteiger partial charge in [0.2, 0.25) is 0 Å². The van der Waals surface area contributed by atoms with Crippen LogP contribution in [0.5, 0.6) is 0 Å². The van der Waals surface area contributed by atoms with Crippen LogP contribution in [0.15, 0.2) is 0 Å². The lowest BCUT2D eigenvalue weighted by molar-refractivity contribution is -0.137. The highest BCUT2D eigenvalue weighted by Gasteiger charge is 2.35. The van der Waals surface area contributed by atoms with Crippen molar-refractivity contribution in [2.24, 2.45) is 11.8 Å². The summed E-state index contributed by atoms with van der Waals surface area (Å²) in [5.41, 5.74) is 0. The normalized spacial score (nSPS) is 26.5. The van der Waals surface area contributed by atoms with Gasteiger partial charge in [0.05, 0.1) is 0 Å². The Labute approximate surface area is 82.3 Å². The van der Waals surface area contributed by atoms with E-state index in [9.17, 15) is 14.4 Å². The SMILES string of the molecule is CC(=O)C1CC(=O)CC1CCC(=O)O. The van der Waals surface area contributed by atoms with Gasteiger partial charge in [-0.15, -0.1) is 0 Å². The van der Waals surface area contributed by atoms with Crippen LogP contribution in [-0.4, -0.2) is 22.6 Å². The Morgan fingerprint density at radius 2 is 2.07 bits per heavy atom. The standard InChI is InChI=1S/C10H14O4/c1-6(11)9-5-8(12)4-7(9)2-3-10(13)14/h7,9H,2-5H2,1H3,(H,13,14). The Morgan fingerprint density at radius 1 is 1.43 bits per heavy atom. The average Bonchev–Trinajstić information content (AvgIpc) is 2.43. The second-order valence-electron chi connectivity index (χ2n) is 3.86. The second kappa shape index (κ2) is 4.35. The Morgan fingerprint density at radius 3 is 2.57 bits per heavy atom. The first-order chi connectivity index (χ1) is 6.50. The molecule has 0 bridgehead atoms. The van der Waals surface area contributed by atoms with E-state index in [-0.39, 0.29) is 29.8 Å². The summed E-state index contributed by atoms with van der Waals surface area (Å²) in [4.78, 5) is 32.6. The minimum absolute atomic E-state index is 0.00578. The molecular weight excluding hydrogens is 184 g/mol. The number of carboxylic acids is 1. The number of Topliss-reactive ketones (excluding diaryl/α,β-unsaturated/α-hetero) is 2. The Kier molecular flexibility index (Phi) is 3.38. The van der Waals surface area contributed by atoms with E-state index in [2.05, 4.69) is 0 Å². The molecular formula is C10H14O4. The molecule has 78 valence electrons. The first-order valence-electron chi connectivity index (χ1n) is 4.74. The quantitative estimate of drug-likeness (QED) is 0.732. The molecule has 2 atom stereocenters. The Balaban J connectivity index is 2.53. The average molecular weight is 198 g/mol. The highest BCUT2D eigenvalue weighted by Crippen LogP contribution is 2.33. The van der Waals surface area contributed by atoms with E-state index in [1.165, 1.54) is 6.92 Å². The van der Waals surface area contributed by atoms with Gasteiger partial charge in [-0.3, -0.25) is 14.4 Å². The molecule has 1 N–H and O–H groups in total. The summed E-state index contributed by atoms with van der Waals surface area (Å²) in [5, 5.41) is 8.49. The zero-order valence-corrected chi connectivity index (χ0v) is 8.16. The largest absolute Gasteiger partial charge is 0.481 e. The van der Waals surface area contributed by atoms with E-state index in [0.717, 1.165) is 0 Å². The van der Waals surface area contributed by atoms with E-state index in [1.807, 2.05) is 0 Å². The van der Waals surface area contributed by atoms with E-state index in [1.54, 1.807) is 0 Å². The van der Waals surface area contributed by atoms with E-state index in [0.29, 0.717) is 19.3 Å². The van der Waals surface area contributed by atoms with Gasteiger partial charge < -0.3 is 5.11 Å². The molecule has 4 nitrogen and oxygen atoms in total. The number of carboxylic acid groups (broad SMARTS) is 1. The third-order valence-corrected chi connectivity index (χ3v) is 2.76. The maximum atomic E-state index is 11.1. The van der Waals surface area contributed by atoms with Crippen molar-refractivity contribution in [2.45, 2.75) is 32.6 Å². The molecule has 0 aromatic carbocycles. The lowest BCUT2D eigenvalue weighted by Gasteiger charge is -2.14. The molecule has 1 fully saturated rings. The Hall–Kier alpha value is -1.19. The predicted octanol–water partition coefficient (Wildman–Crippen LogP) is 1.04. The molecule has 0 aliphatic heterocycles. The molecule has 2 unspecified atom stereocenters. The molecule has 0 aromatic heterocycles. The van der Waals surface area contributed by atoms with Gasteiger partial charge in [0, 0.05) is 25.2 Å². The van der Waals surface area contributed by atoms with E-state index in [4.69, 9.17) is 5.11 Å². The summed E-state index contributed by atoms with van der Waals surface area (Å²) in [5.74, 6) is -1.06. The van der Waals surface area contributed by atoms with Crippen LogP contribution in [0.2, 0.25) is 0 Å². The van der Waals surface area contributed by atoms with E-state index >= 15 is 0 Å². The lowest BCUT2D eigenvalue weighted by Crippen LogP contribution is -2.17. The van der Waals surface area contributed by atoms with Gasteiger partial charge in [-0.2, -0.15) is 0 Å². The third kappa shape index (κ3) is 2.65. The summed E-state index contributed by atoms with van der Waals surface area (Å²) >= 11 is 0.